The van der Waals surface area contributed by atoms with Gasteiger partial charge in [-0.25, -0.2) is 4.98 Å². The van der Waals surface area contributed by atoms with E-state index in [0.717, 1.165) is 35.4 Å². The van der Waals surface area contributed by atoms with Gasteiger partial charge in [-0.05, 0) is 61.4 Å². The molecule has 2 saturated heterocycles. The van der Waals surface area contributed by atoms with Gasteiger partial charge in [-0.15, -0.1) is 0 Å². The number of carbonyl (C=O) groups is 1. The Morgan fingerprint density at radius 2 is 2.09 bits per heavy atom. The number of thiazole rings is 1. The number of rotatable bonds is 5. The number of amides is 1. The van der Waals surface area contributed by atoms with E-state index in [-0.39, 0.29) is 5.91 Å². The topological polar surface area (TPSA) is 83.1 Å². The standard InChI is InChI=1S/C24H25N5O2S/c1-14(30)26-16-10-18-5-6-19(11-16)29(18)13-17-9-15-4-7-20(12-21(15)27-17)31-24-28-23-22(32-24)3-2-8-25-23/h2-4,7-9,12,16,18-19,27H,5-6,10-11,13H2,1H3,(H,26,30)/t16?,18-,19+. The van der Waals surface area contributed by atoms with E-state index in [9.17, 15) is 4.79 Å². The lowest BCUT2D eigenvalue weighted by Gasteiger charge is -2.38. The first-order valence-corrected chi connectivity index (χ1v) is 12.0. The van der Waals surface area contributed by atoms with Crippen molar-refractivity contribution in [3.8, 4) is 10.9 Å². The minimum absolute atomic E-state index is 0.0820. The molecule has 164 valence electrons. The van der Waals surface area contributed by atoms with Gasteiger partial charge in [0.15, 0.2) is 5.65 Å². The molecule has 1 aromatic carbocycles. The monoisotopic (exact) mass is 447 g/mol. The van der Waals surface area contributed by atoms with Gasteiger partial charge in [0.1, 0.15) is 5.75 Å². The maximum atomic E-state index is 11.5. The molecule has 5 heterocycles. The summed E-state index contributed by atoms with van der Waals surface area (Å²) in [7, 11) is 0. The Hall–Kier alpha value is -2.97. The van der Waals surface area contributed by atoms with Gasteiger partial charge in [-0.2, -0.15) is 4.98 Å². The quantitative estimate of drug-likeness (QED) is 0.467. The van der Waals surface area contributed by atoms with Crippen LogP contribution < -0.4 is 10.1 Å². The average Bonchev–Trinajstić information content (AvgIpc) is 3.41. The van der Waals surface area contributed by atoms with Crippen LogP contribution in [-0.4, -0.2) is 43.9 Å². The number of piperidine rings is 1. The number of nitrogens with zero attached hydrogens (tertiary/aromatic N) is 3. The highest BCUT2D eigenvalue weighted by Gasteiger charge is 2.40. The SMILES string of the molecule is CC(=O)NC1C[C@H]2CC[C@@H](C1)N2Cc1cc2ccc(Oc3nc4ncccc4s3)cc2[nH]1. The van der Waals surface area contributed by atoms with Gasteiger partial charge in [0.25, 0.3) is 5.19 Å². The molecule has 3 aromatic heterocycles. The highest BCUT2D eigenvalue weighted by molar-refractivity contribution is 7.20. The number of aromatic amines is 1. The van der Waals surface area contributed by atoms with Crippen LogP contribution in [0.2, 0.25) is 0 Å². The van der Waals surface area contributed by atoms with Crippen LogP contribution in [0.4, 0.5) is 0 Å². The second-order valence-electron chi connectivity index (χ2n) is 8.88. The molecule has 8 heteroatoms. The minimum atomic E-state index is 0.0820. The van der Waals surface area contributed by atoms with E-state index in [0.29, 0.717) is 29.0 Å². The summed E-state index contributed by atoms with van der Waals surface area (Å²) in [6.07, 6.45) is 6.27. The average molecular weight is 448 g/mol. The third kappa shape index (κ3) is 3.73. The van der Waals surface area contributed by atoms with E-state index in [1.165, 1.54) is 35.3 Å². The van der Waals surface area contributed by atoms with E-state index in [2.05, 4.69) is 37.3 Å². The molecule has 0 spiro atoms. The molecule has 2 bridgehead atoms. The van der Waals surface area contributed by atoms with Crippen LogP contribution >= 0.6 is 11.3 Å². The van der Waals surface area contributed by atoms with Crippen LogP contribution in [0, 0.1) is 0 Å². The Kier molecular flexibility index (Phi) is 4.84. The summed E-state index contributed by atoms with van der Waals surface area (Å²) in [5.74, 6) is 0.847. The van der Waals surface area contributed by atoms with Crippen LogP contribution in [0.15, 0.2) is 42.6 Å². The van der Waals surface area contributed by atoms with Gasteiger partial charge in [0, 0.05) is 55.1 Å². The lowest BCUT2D eigenvalue weighted by molar-refractivity contribution is -0.120. The normalized spacial score (nSPS) is 23.1. The molecule has 1 amide bonds. The molecule has 3 atom stereocenters. The summed E-state index contributed by atoms with van der Waals surface area (Å²) in [6.45, 7) is 2.53. The number of H-pyrrole nitrogens is 1. The van der Waals surface area contributed by atoms with E-state index >= 15 is 0 Å². The van der Waals surface area contributed by atoms with E-state index in [1.807, 2.05) is 24.3 Å². The van der Waals surface area contributed by atoms with E-state index in [1.54, 1.807) is 13.1 Å². The first-order chi connectivity index (χ1) is 15.6. The van der Waals surface area contributed by atoms with Crippen LogP contribution in [-0.2, 0) is 11.3 Å². The first kappa shape index (κ1) is 19.7. The molecule has 0 radical (unpaired) electrons. The second kappa shape index (κ2) is 7.86. The fourth-order valence-corrected chi connectivity index (χ4v) is 6.14. The molecular weight excluding hydrogens is 422 g/mol. The molecule has 2 N–H and O–H groups in total. The van der Waals surface area contributed by atoms with Crippen molar-refractivity contribution in [2.75, 3.05) is 0 Å². The van der Waals surface area contributed by atoms with Gasteiger partial charge >= 0.3 is 0 Å². The van der Waals surface area contributed by atoms with Crippen LogP contribution in [0.5, 0.6) is 10.9 Å². The summed E-state index contributed by atoms with van der Waals surface area (Å²) in [4.78, 5) is 26.4. The third-order valence-corrected chi connectivity index (χ3v) is 7.53. The molecule has 6 rings (SSSR count). The second-order valence-corrected chi connectivity index (χ2v) is 9.87. The number of hydrogen-bond donors (Lipinski definition) is 2. The van der Waals surface area contributed by atoms with Gasteiger partial charge in [0.05, 0.1) is 4.70 Å². The summed E-state index contributed by atoms with van der Waals surface area (Å²) in [5, 5.41) is 4.91. The van der Waals surface area contributed by atoms with E-state index in [4.69, 9.17) is 4.74 Å². The molecule has 4 aromatic rings. The Morgan fingerprint density at radius 3 is 2.88 bits per heavy atom. The largest absolute Gasteiger partial charge is 0.431 e. The molecule has 2 aliphatic heterocycles. The fraction of sp³-hybridized carbons (Fsp3) is 0.375. The predicted octanol–water partition coefficient (Wildman–Crippen LogP) is 4.60. The van der Waals surface area contributed by atoms with Gasteiger partial charge < -0.3 is 15.0 Å². The Morgan fingerprint density at radius 1 is 1.25 bits per heavy atom. The molecule has 2 fully saturated rings. The molecule has 32 heavy (non-hydrogen) atoms. The lowest BCUT2D eigenvalue weighted by atomic mass is 9.97. The maximum absolute atomic E-state index is 11.5. The summed E-state index contributed by atoms with van der Waals surface area (Å²) < 4.78 is 7.04. The van der Waals surface area contributed by atoms with Gasteiger partial charge in [-0.1, -0.05) is 11.3 Å². The Balaban J connectivity index is 1.17. The Labute approximate surface area is 189 Å². The number of pyridine rings is 1. The van der Waals surface area contributed by atoms with Crippen molar-refractivity contribution in [3.63, 3.8) is 0 Å². The van der Waals surface area contributed by atoms with Crippen molar-refractivity contribution in [1.29, 1.82) is 0 Å². The molecule has 7 nitrogen and oxygen atoms in total. The summed E-state index contributed by atoms with van der Waals surface area (Å²) in [5.41, 5.74) is 3.00. The molecule has 0 saturated carbocycles. The summed E-state index contributed by atoms with van der Waals surface area (Å²) >= 11 is 1.50. The van der Waals surface area contributed by atoms with E-state index < -0.39 is 0 Å². The number of carbonyl (C=O) groups excluding carboxylic acids is 1. The number of fused-ring (bicyclic) bond motifs is 4. The van der Waals surface area contributed by atoms with Crippen molar-refractivity contribution in [3.05, 3.63) is 48.3 Å². The number of nitrogens with one attached hydrogen (secondary N) is 2. The zero-order valence-electron chi connectivity index (χ0n) is 17.9. The number of benzene rings is 1. The minimum Gasteiger partial charge on any atom is -0.431 e. The van der Waals surface area contributed by atoms with Crippen molar-refractivity contribution in [2.24, 2.45) is 0 Å². The smallest absolute Gasteiger partial charge is 0.281 e. The first-order valence-electron chi connectivity index (χ1n) is 11.1. The molecule has 0 aliphatic carbocycles. The van der Waals surface area contributed by atoms with Crippen molar-refractivity contribution >= 4 is 38.5 Å². The highest BCUT2D eigenvalue weighted by atomic mass is 32.1. The summed E-state index contributed by atoms with van der Waals surface area (Å²) in [6, 6.07) is 13.7. The van der Waals surface area contributed by atoms with Crippen LogP contribution in [0.3, 0.4) is 0 Å². The third-order valence-electron chi connectivity index (χ3n) is 6.64. The van der Waals surface area contributed by atoms with Crippen molar-refractivity contribution < 1.29 is 9.53 Å². The zero-order chi connectivity index (χ0) is 21.7. The predicted molar refractivity (Wildman–Crippen MR) is 125 cm³/mol. The van der Waals surface area contributed by atoms with Crippen LogP contribution in [0.1, 0.15) is 38.3 Å². The van der Waals surface area contributed by atoms with Crippen LogP contribution in [0.25, 0.3) is 21.3 Å². The van der Waals surface area contributed by atoms with Crippen molar-refractivity contribution in [2.45, 2.75) is 57.3 Å². The highest BCUT2D eigenvalue weighted by Crippen LogP contribution is 2.37. The number of aromatic nitrogens is 3. The van der Waals surface area contributed by atoms with Crippen molar-refractivity contribution in [1.82, 2.24) is 25.2 Å². The van der Waals surface area contributed by atoms with Gasteiger partial charge in [-0.3, -0.25) is 9.69 Å². The zero-order valence-corrected chi connectivity index (χ0v) is 18.7. The van der Waals surface area contributed by atoms with Gasteiger partial charge in [0.2, 0.25) is 5.91 Å². The molecule has 2 aliphatic rings. The molecule has 1 unspecified atom stereocenters. The lowest BCUT2D eigenvalue weighted by Crippen LogP contribution is -2.49. The maximum Gasteiger partial charge on any atom is 0.281 e. The number of ether oxygens (including phenoxy) is 1. The Bertz CT molecular complexity index is 1250. The number of hydrogen-bond acceptors (Lipinski definition) is 6. The molecular formula is C24H25N5O2S. The fourth-order valence-electron chi connectivity index (χ4n) is 5.34.